The van der Waals surface area contributed by atoms with Gasteiger partial charge in [-0.15, -0.1) is 12.4 Å². The lowest BCUT2D eigenvalue weighted by molar-refractivity contribution is 0.214. The second-order valence-electron chi connectivity index (χ2n) is 4.16. The lowest BCUT2D eigenvalue weighted by Gasteiger charge is -2.25. The van der Waals surface area contributed by atoms with Gasteiger partial charge in [-0.1, -0.05) is 11.2 Å². The van der Waals surface area contributed by atoms with Crippen LogP contribution in [0.1, 0.15) is 19.3 Å². The third-order valence-electron chi connectivity index (χ3n) is 2.80. The van der Waals surface area contributed by atoms with Crippen LogP contribution in [0.3, 0.4) is 0 Å². The van der Waals surface area contributed by atoms with Crippen molar-refractivity contribution in [1.29, 1.82) is 0 Å². The molecule has 0 aromatic rings. The van der Waals surface area contributed by atoms with Crippen LogP contribution in [0.5, 0.6) is 0 Å². The second-order valence-corrected chi connectivity index (χ2v) is 4.16. The van der Waals surface area contributed by atoms with Crippen LogP contribution in [0, 0.1) is 5.92 Å². The number of hydrogen-bond acceptors (Lipinski definition) is 3. The topological polar surface area (TPSA) is 24.8 Å². The standard InChI is InChI=1S/C11H18N2O.ClH/c1-14-12-7-11-3-2-6-13(9-11)8-10-4-5-10;/h3,7,10H,2,4-6,8-9H2,1H3;1H/b12-7+;. The summed E-state index contributed by atoms with van der Waals surface area (Å²) in [6.07, 6.45) is 8.10. The maximum absolute atomic E-state index is 4.68. The Morgan fingerprint density at radius 3 is 3.07 bits per heavy atom. The molecular formula is C11H19ClN2O. The highest BCUT2D eigenvalue weighted by atomic mass is 35.5. The van der Waals surface area contributed by atoms with Crippen LogP contribution in [0.15, 0.2) is 16.8 Å². The summed E-state index contributed by atoms with van der Waals surface area (Å²) in [5.41, 5.74) is 1.29. The molecule has 0 saturated heterocycles. The summed E-state index contributed by atoms with van der Waals surface area (Å²) < 4.78 is 0. The van der Waals surface area contributed by atoms with E-state index in [1.807, 2.05) is 6.21 Å². The van der Waals surface area contributed by atoms with Crippen molar-refractivity contribution >= 4 is 18.6 Å². The molecular weight excluding hydrogens is 212 g/mol. The molecule has 1 heterocycles. The highest BCUT2D eigenvalue weighted by Gasteiger charge is 2.25. The van der Waals surface area contributed by atoms with Crippen molar-refractivity contribution in [3.8, 4) is 0 Å². The molecule has 0 atom stereocenters. The van der Waals surface area contributed by atoms with Crippen molar-refractivity contribution < 1.29 is 4.84 Å². The number of oxime groups is 1. The van der Waals surface area contributed by atoms with E-state index in [1.54, 1.807) is 7.11 Å². The van der Waals surface area contributed by atoms with Gasteiger partial charge in [0.1, 0.15) is 7.11 Å². The average molecular weight is 231 g/mol. The van der Waals surface area contributed by atoms with E-state index >= 15 is 0 Å². The molecule has 0 spiro atoms. The molecule has 86 valence electrons. The minimum atomic E-state index is 0. The summed E-state index contributed by atoms with van der Waals surface area (Å²) in [6.45, 7) is 3.53. The Balaban J connectivity index is 0.00000112. The summed E-state index contributed by atoms with van der Waals surface area (Å²) in [5, 5.41) is 3.80. The maximum Gasteiger partial charge on any atom is 0.106 e. The molecule has 1 fully saturated rings. The fourth-order valence-electron chi connectivity index (χ4n) is 1.87. The molecule has 0 amide bonds. The lowest BCUT2D eigenvalue weighted by atomic mass is 10.1. The zero-order valence-corrected chi connectivity index (χ0v) is 10.0. The summed E-state index contributed by atoms with van der Waals surface area (Å²) in [4.78, 5) is 7.21. The second kappa shape index (κ2) is 6.13. The Morgan fingerprint density at radius 1 is 1.60 bits per heavy atom. The molecule has 0 aromatic carbocycles. The third kappa shape index (κ3) is 4.22. The monoisotopic (exact) mass is 230 g/mol. The summed E-state index contributed by atoms with van der Waals surface area (Å²) in [6, 6.07) is 0. The Kier molecular flexibility index (Phi) is 5.12. The minimum absolute atomic E-state index is 0. The van der Waals surface area contributed by atoms with E-state index in [2.05, 4.69) is 21.0 Å². The molecule has 0 aromatic heterocycles. The van der Waals surface area contributed by atoms with E-state index < -0.39 is 0 Å². The molecule has 0 N–H and O–H groups in total. The smallest absolute Gasteiger partial charge is 0.106 e. The molecule has 0 unspecified atom stereocenters. The first-order valence-corrected chi connectivity index (χ1v) is 5.36. The first-order chi connectivity index (χ1) is 6.88. The van der Waals surface area contributed by atoms with E-state index in [4.69, 9.17) is 0 Å². The van der Waals surface area contributed by atoms with Crippen LogP contribution in [0.25, 0.3) is 0 Å². The van der Waals surface area contributed by atoms with Gasteiger partial charge in [-0.3, -0.25) is 4.90 Å². The number of rotatable bonds is 4. The largest absolute Gasteiger partial charge is 0.399 e. The van der Waals surface area contributed by atoms with Crippen molar-refractivity contribution in [3.63, 3.8) is 0 Å². The third-order valence-corrected chi connectivity index (χ3v) is 2.80. The maximum atomic E-state index is 4.68. The van der Waals surface area contributed by atoms with Crippen LogP contribution < -0.4 is 0 Å². The normalized spacial score (nSPS) is 22.3. The van der Waals surface area contributed by atoms with Gasteiger partial charge in [0.25, 0.3) is 0 Å². The van der Waals surface area contributed by atoms with Crippen molar-refractivity contribution in [1.82, 2.24) is 4.90 Å². The average Bonchev–Trinajstić information content (AvgIpc) is 2.99. The number of hydrogen-bond donors (Lipinski definition) is 0. The summed E-state index contributed by atoms with van der Waals surface area (Å²) >= 11 is 0. The fraction of sp³-hybridized carbons (Fsp3) is 0.727. The van der Waals surface area contributed by atoms with Gasteiger partial charge < -0.3 is 4.84 Å². The van der Waals surface area contributed by atoms with Gasteiger partial charge in [0.2, 0.25) is 0 Å². The zero-order chi connectivity index (χ0) is 9.80. The highest BCUT2D eigenvalue weighted by molar-refractivity contribution is 5.85. The number of halogens is 1. The minimum Gasteiger partial charge on any atom is -0.399 e. The molecule has 2 rings (SSSR count). The fourth-order valence-corrected chi connectivity index (χ4v) is 1.87. The van der Waals surface area contributed by atoms with E-state index in [0.29, 0.717) is 0 Å². The Labute approximate surface area is 97.6 Å². The molecule has 0 bridgehead atoms. The van der Waals surface area contributed by atoms with Crippen LogP contribution in [0.4, 0.5) is 0 Å². The zero-order valence-electron chi connectivity index (χ0n) is 9.19. The lowest BCUT2D eigenvalue weighted by Crippen LogP contribution is -2.32. The molecule has 1 aliphatic heterocycles. The Bertz CT molecular complexity index is 249. The van der Waals surface area contributed by atoms with Crippen LogP contribution in [0.2, 0.25) is 0 Å². The van der Waals surface area contributed by atoms with Gasteiger partial charge in [-0.2, -0.15) is 0 Å². The Hall–Kier alpha value is -0.540. The predicted octanol–water partition coefficient (Wildman–Crippen LogP) is 2.08. The van der Waals surface area contributed by atoms with Crippen LogP contribution in [-0.4, -0.2) is 37.9 Å². The van der Waals surface area contributed by atoms with Crippen LogP contribution >= 0.6 is 12.4 Å². The van der Waals surface area contributed by atoms with Gasteiger partial charge in [-0.05, 0) is 30.8 Å². The van der Waals surface area contributed by atoms with Gasteiger partial charge in [-0.25, -0.2) is 0 Å². The molecule has 1 aliphatic carbocycles. The van der Waals surface area contributed by atoms with E-state index in [9.17, 15) is 0 Å². The molecule has 1 saturated carbocycles. The van der Waals surface area contributed by atoms with Gasteiger partial charge in [0.05, 0.1) is 6.21 Å². The molecule has 4 heteroatoms. The van der Waals surface area contributed by atoms with Crippen molar-refractivity contribution in [2.75, 3.05) is 26.7 Å². The van der Waals surface area contributed by atoms with E-state index in [0.717, 1.165) is 18.9 Å². The van der Waals surface area contributed by atoms with Gasteiger partial charge in [0, 0.05) is 19.6 Å². The highest BCUT2D eigenvalue weighted by Crippen LogP contribution is 2.30. The van der Waals surface area contributed by atoms with E-state index in [-0.39, 0.29) is 12.4 Å². The quantitative estimate of drug-likeness (QED) is 0.546. The summed E-state index contributed by atoms with van der Waals surface area (Å²) in [5.74, 6) is 0.980. The Morgan fingerprint density at radius 2 is 2.40 bits per heavy atom. The predicted molar refractivity (Wildman–Crippen MR) is 64.6 cm³/mol. The summed E-state index contributed by atoms with van der Waals surface area (Å²) in [7, 11) is 1.59. The SMILES string of the molecule is CO/N=C/C1=CCCN(CC2CC2)C1.Cl. The molecule has 0 radical (unpaired) electrons. The molecule has 2 aliphatic rings. The molecule has 3 nitrogen and oxygen atoms in total. The molecule has 15 heavy (non-hydrogen) atoms. The number of nitrogens with zero attached hydrogens (tertiary/aromatic N) is 2. The van der Waals surface area contributed by atoms with Crippen molar-refractivity contribution in [2.24, 2.45) is 11.1 Å². The van der Waals surface area contributed by atoms with Crippen molar-refractivity contribution in [3.05, 3.63) is 11.6 Å². The van der Waals surface area contributed by atoms with E-state index in [1.165, 1.54) is 31.5 Å². The van der Waals surface area contributed by atoms with Crippen LogP contribution in [-0.2, 0) is 4.84 Å². The van der Waals surface area contributed by atoms with Gasteiger partial charge in [0.15, 0.2) is 0 Å². The first-order valence-electron chi connectivity index (χ1n) is 5.36. The van der Waals surface area contributed by atoms with Gasteiger partial charge >= 0.3 is 0 Å². The first kappa shape index (κ1) is 12.5. The van der Waals surface area contributed by atoms with Crippen molar-refractivity contribution in [2.45, 2.75) is 19.3 Å².